The van der Waals surface area contributed by atoms with Gasteiger partial charge >= 0.3 is 0 Å². The summed E-state index contributed by atoms with van der Waals surface area (Å²) in [4.78, 5) is 12.7. The number of ether oxygens (including phenoxy) is 1. The number of aliphatic hydroxyl groups is 1. The van der Waals surface area contributed by atoms with Crippen LogP contribution < -0.4 is 0 Å². The second kappa shape index (κ2) is 4.79. The third kappa shape index (κ3) is 2.56. The third-order valence-electron chi connectivity index (χ3n) is 2.08. The minimum atomic E-state index is -0.577. The van der Waals surface area contributed by atoms with Crippen LogP contribution in [0.25, 0.3) is 0 Å². The van der Waals surface area contributed by atoms with E-state index >= 15 is 0 Å². The van der Waals surface area contributed by atoms with E-state index in [-0.39, 0.29) is 17.9 Å². The van der Waals surface area contributed by atoms with Crippen molar-refractivity contribution in [2.75, 3.05) is 25.6 Å². The van der Waals surface area contributed by atoms with Gasteiger partial charge in [-0.2, -0.15) is 0 Å². The maximum atomic E-state index is 11.1. The fourth-order valence-electron chi connectivity index (χ4n) is 1.42. The van der Waals surface area contributed by atoms with Crippen molar-refractivity contribution in [3.05, 3.63) is 0 Å². The standard InChI is InChI=1S/C8H14ClNO3/c1-2-13-7-5-10(4-6(7)11)8(12)3-9/h6-7,11H,2-5H2,1H3/t6-,7+/m0/s1. The normalized spacial score (nSPS) is 28.1. The molecule has 0 aromatic carbocycles. The second-order valence-electron chi connectivity index (χ2n) is 2.99. The molecule has 1 saturated heterocycles. The molecule has 2 atom stereocenters. The number of halogens is 1. The van der Waals surface area contributed by atoms with Crippen molar-refractivity contribution in [2.24, 2.45) is 0 Å². The van der Waals surface area contributed by atoms with E-state index in [1.807, 2.05) is 6.92 Å². The molecule has 1 heterocycles. The zero-order valence-corrected chi connectivity index (χ0v) is 8.33. The fourth-order valence-corrected chi connectivity index (χ4v) is 1.59. The summed E-state index contributed by atoms with van der Waals surface area (Å²) >= 11 is 5.39. The highest BCUT2D eigenvalue weighted by Gasteiger charge is 2.33. The van der Waals surface area contributed by atoms with Crippen LogP contribution in [0.1, 0.15) is 6.92 Å². The molecule has 1 aliphatic heterocycles. The summed E-state index contributed by atoms with van der Waals surface area (Å²) in [5, 5.41) is 9.47. The average Bonchev–Trinajstić information content (AvgIpc) is 2.47. The molecule has 4 nitrogen and oxygen atoms in total. The number of amides is 1. The summed E-state index contributed by atoms with van der Waals surface area (Å²) < 4.78 is 5.25. The Morgan fingerprint density at radius 2 is 2.38 bits per heavy atom. The first-order valence-electron chi connectivity index (χ1n) is 4.32. The first-order valence-corrected chi connectivity index (χ1v) is 4.86. The molecule has 0 aromatic heterocycles. The van der Waals surface area contributed by atoms with Gasteiger partial charge in [-0.25, -0.2) is 0 Å². The van der Waals surface area contributed by atoms with Crippen molar-refractivity contribution in [3.8, 4) is 0 Å². The second-order valence-corrected chi connectivity index (χ2v) is 3.26. The van der Waals surface area contributed by atoms with Gasteiger partial charge in [0, 0.05) is 19.7 Å². The predicted octanol–water partition coefficient (Wildman–Crippen LogP) is -0.167. The Hall–Kier alpha value is -0.320. The van der Waals surface area contributed by atoms with Crippen LogP contribution in [0.4, 0.5) is 0 Å². The summed E-state index contributed by atoms with van der Waals surface area (Å²) in [6.07, 6.45) is -0.829. The van der Waals surface area contributed by atoms with E-state index < -0.39 is 6.10 Å². The number of β-amino-alcohol motifs (C(OH)–C–C–N with tert-alkyl or cyclic N) is 1. The number of carbonyl (C=O) groups is 1. The lowest BCUT2D eigenvalue weighted by atomic mass is 10.3. The van der Waals surface area contributed by atoms with Crippen molar-refractivity contribution in [3.63, 3.8) is 0 Å². The maximum Gasteiger partial charge on any atom is 0.237 e. The predicted molar refractivity (Wildman–Crippen MR) is 48.7 cm³/mol. The van der Waals surface area contributed by atoms with Crippen LogP contribution in [0.3, 0.4) is 0 Å². The van der Waals surface area contributed by atoms with Crippen LogP contribution in [0.15, 0.2) is 0 Å². The van der Waals surface area contributed by atoms with E-state index in [0.29, 0.717) is 19.7 Å². The van der Waals surface area contributed by atoms with Gasteiger partial charge in [0.05, 0.1) is 6.10 Å². The minimum Gasteiger partial charge on any atom is -0.388 e. The first kappa shape index (κ1) is 10.8. The number of alkyl halides is 1. The molecule has 0 aromatic rings. The molecule has 0 spiro atoms. The molecule has 0 saturated carbocycles. The Morgan fingerprint density at radius 1 is 1.69 bits per heavy atom. The van der Waals surface area contributed by atoms with Gasteiger partial charge in [0.2, 0.25) is 5.91 Å². The van der Waals surface area contributed by atoms with Crippen LogP contribution >= 0.6 is 11.6 Å². The molecule has 0 bridgehead atoms. The third-order valence-corrected chi connectivity index (χ3v) is 2.31. The van der Waals surface area contributed by atoms with Crippen LogP contribution in [0.5, 0.6) is 0 Å². The van der Waals surface area contributed by atoms with Crippen molar-refractivity contribution >= 4 is 17.5 Å². The summed E-state index contributed by atoms with van der Waals surface area (Å²) in [5.74, 6) is -0.186. The SMILES string of the molecule is CCO[C@@H]1CN(C(=O)CCl)C[C@@H]1O. The van der Waals surface area contributed by atoms with Crippen LogP contribution in [-0.4, -0.2) is 53.7 Å². The van der Waals surface area contributed by atoms with Gasteiger partial charge in [-0.05, 0) is 6.92 Å². The van der Waals surface area contributed by atoms with E-state index in [1.165, 1.54) is 4.90 Å². The Morgan fingerprint density at radius 3 is 2.92 bits per heavy atom. The Balaban J connectivity index is 2.44. The van der Waals surface area contributed by atoms with Gasteiger partial charge in [-0.1, -0.05) is 0 Å². The van der Waals surface area contributed by atoms with Gasteiger partial charge in [0.1, 0.15) is 12.0 Å². The molecule has 5 heteroatoms. The topological polar surface area (TPSA) is 49.8 Å². The number of rotatable bonds is 3. The molecular formula is C8H14ClNO3. The molecule has 1 amide bonds. The molecule has 1 fully saturated rings. The van der Waals surface area contributed by atoms with Crippen molar-refractivity contribution in [1.29, 1.82) is 0 Å². The van der Waals surface area contributed by atoms with Crippen molar-refractivity contribution in [1.82, 2.24) is 4.90 Å². The van der Waals surface area contributed by atoms with Gasteiger partial charge in [0.25, 0.3) is 0 Å². The Kier molecular flexibility index (Phi) is 3.96. The molecule has 1 rings (SSSR count). The summed E-state index contributed by atoms with van der Waals surface area (Å²) in [6, 6.07) is 0. The number of hydrogen-bond donors (Lipinski definition) is 1. The summed E-state index contributed by atoms with van der Waals surface area (Å²) in [6.45, 7) is 3.18. The molecule has 13 heavy (non-hydrogen) atoms. The zero-order valence-electron chi connectivity index (χ0n) is 7.57. The summed E-state index contributed by atoms with van der Waals surface area (Å²) in [5.41, 5.74) is 0. The number of carbonyl (C=O) groups excluding carboxylic acids is 1. The number of hydrogen-bond acceptors (Lipinski definition) is 3. The summed E-state index contributed by atoms with van der Waals surface area (Å²) in [7, 11) is 0. The highest BCUT2D eigenvalue weighted by atomic mass is 35.5. The molecular weight excluding hydrogens is 194 g/mol. The molecule has 1 aliphatic rings. The lowest BCUT2D eigenvalue weighted by Gasteiger charge is -2.14. The maximum absolute atomic E-state index is 11.1. The first-order chi connectivity index (χ1) is 6.19. The van der Waals surface area contributed by atoms with E-state index in [2.05, 4.69) is 0 Å². The lowest BCUT2D eigenvalue weighted by Crippen LogP contribution is -2.30. The van der Waals surface area contributed by atoms with Gasteiger partial charge in [-0.15, -0.1) is 11.6 Å². The van der Waals surface area contributed by atoms with Crippen molar-refractivity contribution in [2.45, 2.75) is 19.1 Å². The highest BCUT2D eigenvalue weighted by molar-refractivity contribution is 6.27. The largest absolute Gasteiger partial charge is 0.388 e. The monoisotopic (exact) mass is 207 g/mol. The van der Waals surface area contributed by atoms with Crippen LogP contribution in [-0.2, 0) is 9.53 Å². The Bertz CT molecular complexity index is 188. The zero-order chi connectivity index (χ0) is 9.84. The molecule has 1 N–H and O–H groups in total. The number of likely N-dealkylation sites (tertiary alicyclic amines) is 1. The van der Waals surface area contributed by atoms with Gasteiger partial charge < -0.3 is 14.7 Å². The lowest BCUT2D eigenvalue weighted by molar-refractivity contribution is -0.128. The quantitative estimate of drug-likeness (QED) is 0.654. The average molecular weight is 208 g/mol. The molecule has 0 unspecified atom stereocenters. The molecule has 0 radical (unpaired) electrons. The smallest absolute Gasteiger partial charge is 0.237 e. The Labute approximate surface area is 82.4 Å². The van der Waals surface area contributed by atoms with E-state index in [4.69, 9.17) is 16.3 Å². The fraction of sp³-hybridized carbons (Fsp3) is 0.875. The van der Waals surface area contributed by atoms with E-state index in [1.54, 1.807) is 0 Å². The van der Waals surface area contributed by atoms with Crippen LogP contribution in [0.2, 0.25) is 0 Å². The van der Waals surface area contributed by atoms with Crippen LogP contribution in [0, 0.1) is 0 Å². The molecule has 0 aliphatic carbocycles. The molecule has 76 valence electrons. The van der Waals surface area contributed by atoms with E-state index in [9.17, 15) is 9.90 Å². The number of nitrogens with zero attached hydrogens (tertiary/aromatic N) is 1. The minimum absolute atomic E-state index is 0.0361. The number of aliphatic hydroxyl groups excluding tert-OH is 1. The highest BCUT2D eigenvalue weighted by Crippen LogP contribution is 2.13. The van der Waals surface area contributed by atoms with Gasteiger partial charge in [-0.3, -0.25) is 4.79 Å². The van der Waals surface area contributed by atoms with Crippen molar-refractivity contribution < 1.29 is 14.6 Å². The van der Waals surface area contributed by atoms with E-state index in [0.717, 1.165) is 0 Å². The van der Waals surface area contributed by atoms with Gasteiger partial charge in [0.15, 0.2) is 0 Å².